The third kappa shape index (κ3) is 3.95. The van der Waals surface area contributed by atoms with Crippen LogP contribution >= 0.6 is 23.1 Å². The van der Waals surface area contributed by atoms with Crippen molar-refractivity contribution < 1.29 is 4.74 Å². The molecule has 5 heteroatoms. The van der Waals surface area contributed by atoms with E-state index in [1.165, 1.54) is 4.88 Å². The Bertz CT molecular complexity index is 373. The van der Waals surface area contributed by atoms with Crippen LogP contribution in [0.5, 0.6) is 0 Å². The number of nitrogens with zero attached hydrogens (tertiary/aromatic N) is 1. The first-order chi connectivity index (χ1) is 8.66. The molecular weight excluding hydrogens is 264 g/mol. The molecule has 1 N–H and O–H groups in total. The zero-order valence-electron chi connectivity index (χ0n) is 11.4. The molecule has 102 valence electrons. The molecule has 1 aromatic rings. The Morgan fingerprint density at radius 1 is 1.50 bits per heavy atom. The van der Waals surface area contributed by atoms with Crippen LogP contribution in [0.3, 0.4) is 0 Å². The Morgan fingerprint density at radius 2 is 2.33 bits per heavy atom. The first-order valence-electron chi connectivity index (χ1n) is 6.53. The maximum absolute atomic E-state index is 5.78. The minimum atomic E-state index is 0.214. The van der Waals surface area contributed by atoms with Gasteiger partial charge in [-0.05, 0) is 19.4 Å². The summed E-state index contributed by atoms with van der Waals surface area (Å²) in [4.78, 5) is 6.02. The molecule has 18 heavy (non-hydrogen) atoms. The maximum atomic E-state index is 5.78. The minimum absolute atomic E-state index is 0.214. The zero-order chi connectivity index (χ0) is 13.0. The molecule has 1 unspecified atom stereocenters. The van der Waals surface area contributed by atoms with Crippen LogP contribution < -0.4 is 5.32 Å². The van der Waals surface area contributed by atoms with Gasteiger partial charge < -0.3 is 10.1 Å². The number of aromatic nitrogens is 1. The summed E-state index contributed by atoms with van der Waals surface area (Å²) in [5.74, 6) is 2.85. The van der Waals surface area contributed by atoms with Gasteiger partial charge >= 0.3 is 0 Å². The molecule has 0 amide bonds. The average Bonchev–Trinajstić information content (AvgIpc) is 2.72. The molecule has 0 radical (unpaired) electrons. The smallest absolute Gasteiger partial charge is 0.123 e. The molecule has 0 aromatic carbocycles. The fraction of sp³-hybridized carbons (Fsp3) is 0.769. The van der Waals surface area contributed by atoms with Gasteiger partial charge in [0, 0.05) is 22.9 Å². The van der Waals surface area contributed by atoms with Crippen LogP contribution in [-0.2, 0) is 11.3 Å². The number of nitrogens with one attached hydrogen (secondary N) is 1. The summed E-state index contributed by atoms with van der Waals surface area (Å²) in [5, 5.41) is 4.64. The van der Waals surface area contributed by atoms with Gasteiger partial charge in [0.05, 0.1) is 12.3 Å². The molecule has 1 saturated heterocycles. The molecule has 0 spiro atoms. The standard InChI is InChI=1S/C13H22N2OS2/c1-9(2)6-14-7-12-10(3)15-13(18-12)11-8-17-5-4-16-11/h9,11,14H,4-8H2,1-3H3. The number of thioether (sulfide) groups is 1. The van der Waals surface area contributed by atoms with Crippen molar-refractivity contribution in [3.63, 3.8) is 0 Å². The van der Waals surface area contributed by atoms with Crippen molar-refractivity contribution in [2.24, 2.45) is 5.92 Å². The molecule has 1 aromatic heterocycles. The van der Waals surface area contributed by atoms with Gasteiger partial charge in [-0.15, -0.1) is 11.3 Å². The van der Waals surface area contributed by atoms with E-state index in [1.54, 1.807) is 11.3 Å². The Kier molecular flexibility index (Phi) is 5.48. The molecule has 0 aliphatic carbocycles. The van der Waals surface area contributed by atoms with Gasteiger partial charge in [0.2, 0.25) is 0 Å². The minimum Gasteiger partial charge on any atom is -0.369 e. The average molecular weight is 286 g/mol. The number of hydrogen-bond donors (Lipinski definition) is 1. The van der Waals surface area contributed by atoms with Crippen molar-refractivity contribution in [3.8, 4) is 0 Å². The van der Waals surface area contributed by atoms with E-state index >= 15 is 0 Å². The van der Waals surface area contributed by atoms with Gasteiger partial charge in [0.1, 0.15) is 11.1 Å². The summed E-state index contributed by atoms with van der Waals surface area (Å²) in [6.45, 7) is 9.40. The normalized spacial score (nSPS) is 20.6. The second-order valence-corrected chi connectivity index (χ2v) is 7.28. The zero-order valence-corrected chi connectivity index (χ0v) is 13.0. The fourth-order valence-electron chi connectivity index (χ4n) is 1.86. The summed E-state index contributed by atoms with van der Waals surface area (Å²) in [6.07, 6.45) is 0.214. The molecule has 2 heterocycles. The molecule has 1 aliphatic rings. The van der Waals surface area contributed by atoms with E-state index < -0.39 is 0 Å². The number of ether oxygens (including phenoxy) is 1. The molecule has 1 atom stereocenters. The van der Waals surface area contributed by atoms with Crippen molar-refractivity contribution in [1.82, 2.24) is 10.3 Å². The Balaban J connectivity index is 1.93. The van der Waals surface area contributed by atoms with Gasteiger partial charge in [-0.3, -0.25) is 0 Å². The quantitative estimate of drug-likeness (QED) is 0.902. The van der Waals surface area contributed by atoms with E-state index in [1.807, 2.05) is 11.8 Å². The van der Waals surface area contributed by atoms with Gasteiger partial charge in [0.15, 0.2) is 0 Å². The number of aryl methyl sites for hydroxylation is 1. The summed E-state index contributed by atoms with van der Waals surface area (Å²) in [6, 6.07) is 0. The van der Waals surface area contributed by atoms with Crippen LogP contribution in [0.15, 0.2) is 0 Å². The molecule has 1 fully saturated rings. The highest BCUT2D eigenvalue weighted by molar-refractivity contribution is 7.99. The second kappa shape index (κ2) is 6.89. The SMILES string of the molecule is Cc1nc(C2CSCCO2)sc1CNCC(C)C. The van der Waals surface area contributed by atoms with Crippen molar-refractivity contribution in [2.75, 3.05) is 24.7 Å². The highest BCUT2D eigenvalue weighted by atomic mass is 32.2. The molecule has 0 bridgehead atoms. The van der Waals surface area contributed by atoms with E-state index in [-0.39, 0.29) is 6.10 Å². The van der Waals surface area contributed by atoms with Crippen LogP contribution in [0.4, 0.5) is 0 Å². The lowest BCUT2D eigenvalue weighted by Gasteiger charge is -2.19. The monoisotopic (exact) mass is 286 g/mol. The van der Waals surface area contributed by atoms with Gasteiger partial charge in [-0.25, -0.2) is 4.98 Å². The van der Waals surface area contributed by atoms with Crippen molar-refractivity contribution in [1.29, 1.82) is 0 Å². The highest BCUT2D eigenvalue weighted by Gasteiger charge is 2.21. The largest absolute Gasteiger partial charge is 0.369 e. The molecule has 0 saturated carbocycles. The van der Waals surface area contributed by atoms with Crippen LogP contribution in [-0.4, -0.2) is 29.6 Å². The summed E-state index contributed by atoms with van der Waals surface area (Å²) in [7, 11) is 0. The predicted octanol–water partition coefficient (Wildman–Crippen LogP) is 3.00. The summed E-state index contributed by atoms with van der Waals surface area (Å²) < 4.78 is 5.78. The first kappa shape index (κ1) is 14.3. The number of hydrogen-bond acceptors (Lipinski definition) is 5. The lowest BCUT2D eigenvalue weighted by Crippen LogP contribution is -2.18. The number of thiazole rings is 1. The maximum Gasteiger partial charge on any atom is 0.123 e. The van der Waals surface area contributed by atoms with Crippen LogP contribution in [0.2, 0.25) is 0 Å². The Hall–Kier alpha value is -0.100. The van der Waals surface area contributed by atoms with Crippen LogP contribution in [0, 0.1) is 12.8 Å². The van der Waals surface area contributed by atoms with Crippen molar-refractivity contribution in [3.05, 3.63) is 15.6 Å². The Labute approximate surface area is 118 Å². The topological polar surface area (TPSA) is 34.1 Å². The lowest BCUT2D eigenvalue weighted by molar-refractivity contribution is 0.0754. The van der Waals surface area contributed by atoms with E-state index in [9.17, 15) is 0 Å². The van der Waals surface area contributed by atoms with E-state index in [2.05, 4.69) is 31.1 Å². The van der Waals surface area contributed by atoms with E-state index in [4.69, 9.17) is 4.74 Å². The number of rotatable bonds is 5. The second-order valence-electron chi connectivity index (χ2n) is 5.02. The molecular formula is C13H22N2OS2. The third-order valence-electron chi connectivity index (χ3n) is 2.84. The molecule has 3 nitrogen and oxygen atoms in total. The van der Waals surface area contributed by atoms with Crippen LogP contribution in [0.25, 0.3) is 0 Å². The van der Waals surface area contributed by atoms with Crippen LogP contribution in [0.1, 0.15) is 35.5 Å². The first-order valence-corrected chi connectivity index (χ1v) is 8.50. The van der Waals surface area contributed by atoms with Gasteiger partial charge in [0.25, 0.3) is 0 Å². The molecule has 2 rings (SSSR count). The van der Waals surface area contributed by atoms with Crippen molar-refractivity contribution in [2.45, 2.75) is 33.4 Å². The predicted molar refractivity (Wildman–Crippen MR) is 79.4 cm³/mol. The third-order valence-corrected chi connectivity index (χ3v) is 5.08. The molecule has 1 aliphatic heterocycles. The highest BCUT2D eigenvalue weighted by Crippen LogP contribution is 2.31. The van der Waals surface area contributed by atoms with Gasteiger partial charge in [-0.2, -0.15) is 11.8 Å². The van der Waals surface area contributed by atoms with E-state index in [0.29, 0.717) is 5.92 Å². The lowest BCUT2D eigenvalue weighted by atomic mass is 10.2. The van der Waals surface area contributed by atoms with E-state index in [0.717, 1.165) is 41.9 Å². The summed E-state index contributed by atoms with van der Waals surface area (Å²) in [5.41, 5.74) is 1.16. The Morgan fingerprint density at radius 3 is 3.00 bits per heavy atom. The fourth-order valence-corrected chi connectivity index (χ4v) is 3.90. The van der Waals surface area contributed by atoms with Gasteiger partial charge in [-0.1, -0.05) is 13.8 Å². The summed E-state index contributed by atoms with van der Waals surface area (Å²) >= 11 is 3.77. The van der Waals surface area contributed by atoms with Crippen molar-refractivity contribution >= 4 is 23.1 Å².